The Kier molecular flexibility index (Phi) is 5.29. The van der Waals surface area contributed by atoms with Crippen LogP contribution in [0.2, 0.25) is 0 Å². The van der Waals surface area contributed by atoms with E-state index in [1.807, 2.05) is 54.6 Å². The fraction of sp³-hybridized carbons (Fsp3) is 0.238. The van der Waals surface area contributed by atoms with Crippen LogP contribution >= 0.6 is 11.6 Å². The molecule has 3 aromatic rings. The van der Waals surface area contributed by atoms with Crippen molar-refractivity contribution in [2.75, 3.05) is 5.88 Å². The van der Waals surface area contributed by atoms with E-state index in [-0.39, 0.29) is 0 Å². The lowest BCUT2D eigenvalue weighted by atomic mass is 9.83. The zero-order chi connectivity index (χ0) is 18.6. The molecular formula is C21H19ClN2O2. The summed E-state index contributed by atoms with van der Waals surface area (Å²) in [7, 11) is 0. The second-order valence-corrected chi connectivity index (χ2v) is 6.64. The molecule has 1 N–H and O–H groups in total. The molecule has 0 unspecified atom stereocenters. The van der Waals surface area contributed by atoms with E-state index in [1.165, 1.54) is 0 Å². The van der Waals surface area contributed by atoms with Crippen LogP contribution in [0, 0.1) is 11.3 Å². The Morgan fingerprint density at radius 1 is 1.23 bits per heavy atom. The van der Waals surface area contributed by atoms with Crippen molar-refractivity contribution in [1.29, 1.82) is 5.26 Å². The summed E-state index contributed by atoms with van der Waals surface area (Å²) >= 11 is 5.89. The minimum atomic E-state index is -1.42. The summed E-state index contributed by atoms with van der Waals surface area (Å²) < 4.78 is 5.75. The quantitative estimate of drug-likeness (QED) is 0.500. The average Bonchev–Trinajstić information content (AvgIpc) is 3.12. The van der Waals surface area contributed by atoms with Gasteiger partial charge in [-0.05, 0) is 18.6 Å². The van der Waals surface area contributed by atoms with Gasteiger partial charge in [-0.2, -0.15) is 5.26 Å². The summed E-state index contributed by atoms with van der Waals surface area (Å²) in [5.74, 6) is -0.229. The fourth-order valence-electron chi connectivity index (χ4n) is 3.01. The Hall–Kier alpha value is -2.77. The maximum atomic E-state index is 13.0. The number of nitrogens with one attached hydrogen (secondary N) is 1. The zero-order valence-electron chi connectivity index (χ0n) is 14.4. The van der Waals surface area contributed by atoms with E-state index in [1.54, 1.807) is 13.1 Å². The summed E-state index contributed by atoms with van der Waals surface area (Å²) in [6.45, 7) is 1.59. The minimum absolute atomic E-state index is 0.350. The predicted octanol–water partition coefficient (Wildman–Crippen LogP) is 4.86. The number of benzene rings is 2. The summed E-state index contributed by atoms with van der Waals surface area (Å²) in [6.07, 6.45) is 1.69. The van der Waals surface area contributed by atoms with Gasteiger partial charge in [-0.15, -0.1) is 11.6 Å². The largest absolute Gasteiger partial charge is 0.456 e. The van der Waals surface area contributed by atoms with Crippen LogP contribution in [-0.4, -0.2) is 16.8 Å². The van der Waals surface area contributed by atoms with Crippen molar-refractivity contribution in [3.05, 3.63) is 71.9 Å². The number of carbonyl (C=O) groups excluding carboxylic acids is 1. The molecule has 0 aliphatic rings. The highest BCUT2D eigenvalue weighted by atomic mass is 35.5. The van der Waals surface area contributed by atoms with Crippen LogP contribution in [0.4, 0.5) is 0 Å². The third-order valence-corrected chi connectivity index (χ3v) is 4.77. The van der Waals surface area contributed by atoms with E-state index >= 15 is 0 Å². The van der Waals surface area contributed by atoms with Crippen LogP contribution in [0.1, 0.15) is 30.6 Å². The first-order valence-corrected chi connectivity index (χ1v) is 8.93. The summed E-state index contributed by atoms with van der Waals surface area (Å²) in [6, 6.07) is 19.2. The molecule has 0 saturated heterocycles. The highest BCUT2D eigenvalue weighted by molar-refractivity contribution is 6.17. The van der Waals surface area contributed by atoms with Gasteiger partial charge in [0.05, 0.1) is 6.07 Å². The van der Waals surface area contributed by atoms with E-state index in [9.17, 15) is 10.1 Å². The summed E-state index contributed by atoms with van der Waals surface area (Å²) in [5.41, 5.74) is 0.926. The molecule has 1 heterocycles. The lowest BCUT2D eigenvalue weighted by Crippen LogP contribution is -2.34. The van der Waals surface area contributed by atoms with Gasteiger partial charge in [-0.25, -0.2) is 4.79 Å². The molecule has 0 spiro atoms. The molecule has 4 nitrogen and oxygen atoms in total. The summed E-state index contributed by atoms with van der Waals surface area (Å²) in [5, 5.41) is 10.6. The maximum absolute atomic E-state index is 13.0. The van der Waals surface area contributed by atoms with E-state index in [4.69, 9.17) is 16.3 Å². The number of ether oxygens (including phenoxy) is 1. The number of alkyl halides is 1. The predicted molar refractivity (Wildman–Crippen MR) is 102 cm³/mol. The molecule has 1 aromatic heterocycles. The number of carbonyl (C=O) groups is 1. The molecule has 2 aromatic carbocycles. The molecule has 0 radical (unpaired) electrons. The normalized spacial score (nSPS) is 14.3. The first kappa shape index (κ1) is 18.0. The van der Waals surface area contributed by atoms with E-state index in [2.05, 4.69) is 11.1 Å². The van der Waals surface area contributed by atoms with Crippen LogP contribution < -0.4 is 0 Å². The third kappa shape index (κ3) is 3.31. The topological polar surface area (TPSA) is 65.9 Å². The molecule has 26 heavy (non-hydrogen) atoms. The number of halogens is 1. The van der Waals surface area contributed by atoms with Crippen LogP contribution in [0.25, 0.3) is 10.9 Å². The molecule has 3 rings (SSSR count). The Bertz CT molecular complexity index is 945. The molecule has 0 bridgehead atoms. The fourth-order valence-corrected chi connectivity index (χ4v) is 3.21. The van der Waals surface area contributed by atoms with E-state index in [0.717, 1.165) is 16.5 Å². The number of nitrogens with zero attached hydrogens (tertiary/aromatic N) is 1. The van der Waals surface area contributed by atoms with Crippen molar-refractivity contribution in [2.24, 2.45) is 0 Å². The van der Waals surface area contributed by atoms with Gasteiger partial charge in [0.25, 0.3) is 0 Å². The van der Waals surface area contributed by atoms with Crippen molar-refractivity contribution < 1.29 is 9.53 Å². The first-order valence-electron chi connectivity index (χ1n) is 8.40. The van der Waals surface area contributed by atoms with Gasteiger partial charge in [0.1, 0.15) is 6.10 Å². The molecule has 132 valence electrons. The van der Waals surface area contributed by atoms with Crippen molar-refractivity contribution in [3.63, 3.8) is 0 Å². The maximum Gasteiger partial charge on any atom is 0.331 e. The highest BCUT2D eigenvalue weighted by Crippen LogP contribution is 2.34. The first-order chi connectivity index (χ1) is 12.6. The van der Waals surface area contributed by atoms with Crippen LogP contribution in [0.5, 0.6) is 0 Å². The lowest BCUT2D eigenvalue weighted by Gasteiger charge is -2.24. The zero-order valence-corrected chi connectivity index (χ0v) is 15.2. The van der Waals surface area contributed by atoms with Crippen molar-refractivity contribution in [2.45, 2.75) is 24.9 Å². The lowest BCUT2D eigenvalue weighted by molar-refractivity contribution is -0.153. The molecule has 5 heteroatoms. The molecule has 0 saturated carbocycles. The monoisotopic (exact) mass is 366 g/mol. The highest BCUT2D eigenvalue weighted by Gasteiger charge is 2.40. The SMILES string of the molecule is C[C@@](C#N)(C(=O)O[C@H](CCCl)c1ccccc1)c1c[nH]c2ccccc12. The van der Waals surface area contributed by atoms with Gasteiger partial charge in [0, 0.05) is 35.0 Å². The van der Waals surface area contributed by atoms with E-state index in [0.29, 0.717) is 17.9 Å². The molecule has 0 fully saturated rings. The van der Waals surface area contributed by atoms with Crippen LogP contribution in [0.3, 0.4) is 0 Å². The second-order valence-electron chi connectivity index (χ2n) is 6.27. The number of H-pyrrole nitrogens is 1. The van der Waals surface area contributed by atoms with Gasteiger partial charge in [0.2, 0.25) is 0 Å². The number of aromatic amines is 1. The minimum Gasteiger partial charge on any atom is -0.456 e. The number of aromatic nitrogens is 1. The van der Waals surface area contributed by atoms with Crippen LogP contribution in [0.15, 0.2) is 60.8 Å². The Balaban J connectivity index is 1.94. The smallest absolute Gasteiger partial charge is 0.331 e. The average molecular weight is 367 g/mol. The number of hydrogen-bond donors (Lipinski definition) is 1. The van der Waals surface area contributed by atoms with E-state index < -0.39 is 17.5 Å². The number of rotatable bonds is 6. The third-order valence-electron chi connectivity index (χ3n) is 4.55. The van der Waals surface area contributed by atoms with Crippen molar-refractivity contribution >= 4 is 28.5 Å². The van der Waals surface area contributed by atoms with Gasteiger partial charge in [-0.1, -0.05) is 48.5 Å². The number of hydrogen-bond acceptors (Lipinski definition) is 3. The molecule has 0 aliphatic carbocycles. The number of esters is 1. The van der Waals surface area contributed by atoms with Gasteiger partial charge >= 0.3 is 5.97 Å². The van der Waals surface area contributed by atoms with Crippen molar-refractivity contribution in [3.8, 4) is 6.07 Å². The Labute approximate surface area is 157 Å². The molecule has 0 aliphatic heterocycles. The van der Waals surface area contributed by atoms with Gasteiger partial charge in [0.15, 0.2) is 5.41 Å². The summed E-state index contributed by atoms with van der Waals surface area (Å²) in [4.78, 5) is 16.1. The Morgan fingerprint density at radius 3 is 2.62 bits per heavy atom. The standard InChI is InChI=1S/C21H19ClN2O2/c1-21(14-23,17-13-24-18-10-6-5-9-16(17)18)20(25)26-19(11-12-22)15-7-3-2-4-8-15/h2-10,13,19,24H,11-12H2,1H3/t19-,21+/m1/s1. The number of fused-ring (bicyclic) bond motifs is 1. The molecule has 0 amide bonds. The molecular weight excluding hydrogens is 348 g/mol. The van der Waals surface area contributed by atoms with Gasteiger partial charge < -0.3 is 9.72 Å². The van der Waals surface area contributed by atoms with Crippen molar-refractivity contribution in [1.82, 2.24) is 4.98 Å². The number of nitriles is 1. The second kappa shape index (κ2) is 7.63. The number of para-hydroxylation sites is 1. The Morgan fingerprint density at radius 2 is 1.92 bits per heavy atom. The van der Waals surface area contributed by atoms with Gasteiger partial charge in [-0.3, -0.25) is 0 Å². The van der Waals surface area contributed by atoms with Crippen LogP contribution in [-0.2, 0) is 14.9 Å². The molecule has 2 atom stereocenters.